The summed E-state index contributed by atoms with van der Waals surface area (Å²) in [4.78, 5) is 25.8. The van der Waals surface area contributed by atoms with E-state index in [9.17, 15) is 9.59 Å². The molecule has 0 spiro atoms. The molecule has 2 aromatic rings. The van der Waals surface area contributed by atoms with Crippen molar-refractivity contribution < 1.29 is 19.1 Å². The minimum atomic E-state index is -0.457. The quantitative estimate of drug-likeness (QED) is 0.468. The topological polar surface area (TPSA) is 118 Å². The number of nitrogens with zero attached hydrogens (tertiary/aromatic N) is 1. The number of cyclic esters (lactones) is 1. The lowest BCUT2D eigenvalue weighted by Crippen LogP contribution is -2.26. The van der Waals surface area contributed by atoms with Gasteiger partial charge in [-0.15, -0.1) is 0 Å². The number of nitrogen functional groups attached to an aromatic ring is 1. The van der Waals surface area contributed by atoms with Crippen LogP contribution in [-0.4, -0.2) is 43.6 Å². The van der Waals surface area contributed by atoms with E-state index in [0.717, 1.165) is 6.42 Å². The van der Waals surface area contributed by atoms with Gasteiger partial charge >= 0.3 is 6.09 Å². The van der Waals surface area contributed by atoms with Crippen LogP contribution >= 0.6 is 0 Å². The van der Waals surface area contributed by atoms with E-state index in [1.807, 2.05) is 6.92 Å². The third-order valence-corrected chi connectivity index (χ3v) is 4.43. The molecule has 2 aromatic carbocycles. The molecule has 0 saturated carbocycles. The van der Waals surface area contributed by atoms with Crippen molar-refractivity contribution in [2.75, 3.05) is 24.6 Å². The Morgan fingerprint density at radius 2 is 2.03 bits per heavy atom. The predicted molar refractivity (Wildman–Crippen MR) is 110 cm³/mol. The molecule has 29 heavy (non-hydrogen) atoms. The van der Waals surface area contributed by atoms with Gasteiger partial charge in [0.15, 0.2) is 6.10 Å². The Hall–Kier alpha value is -3.55. The second kappa shape index (κ2) is 9.09. The number of amides is 2. The molecule has 8 nitrogen and oxygen atoms in total. The summed E-state index contributed by atoms with van der Waals surface area (Å²) in [7, 11) is 0. The molecule has 3 rings (SSSR count). The fraction of sp³-hybridized carbons (Fsp3) is 0.286. The summed E-state index contributed by atoms with van der Waals surface area (Å²) in [6.07, 6.45) is -0.0300. The highest BCUT2D eigenvalue weighted by atomic mass is 16.6. The van der Waals surface area contributed by atoms with Crippen LogP contribution in [0.3, 0.4) is 0 Å². The van der Waals surface area contributed by atoms with E-state index in [1.54, 1.807) is 48.5 Å². The van der Waals surface area contributed by atoms with Crippen molar-refractivity contribution in [3.05, 3.63) is 59.7 Å². The van der Waals surface area contributed by atoms with Gasteiger partial charge in [-0.3, -0.25) is 15.1 Å². The molecule has 1 unspecified atom stereocenters. The van der Waals surface area contributed by atoms with Crippen molar-refractivity contribution in [1.82, 2.24) is 5.32 Å². The maximum Gasteiger partial charge on any atom is 0.414 e. The first kappa shape index (κ1) is 20.2. The van der Waals surface area contributed by atoms with Crippen LogP contribution in [0.1, 0.15) is 29.3 Å². The molecular formula is C21H24N4O4. The van der Waals surface area contributed by atoms with Gasteiger partial charge < -0.3 is 20.5 Å². The first-order valence-corrected chi connectivity index (χ1v) is 9.41. The summed E-state index contributed by atoms with van der Waals surface area (Å²) in [5, 5.41) is 10.3. The van der Waals surface area contributed by atoms with Gasteiger partial charge in [0.2, 0.25) is 0 Å². The molecule has 152 valence electrons. The monoisotopic (exact) mass is 396 g/mol. The van der Waals surface area contributed by atoms with Crippen molar-refractivity contribution in [2.24, 2.45) is 5.73 Å². The molecule has 1 saturated heterocycles. The molecule has 4 N–H and O–H groups in total. The Labute approximate surface area is 169 Å². The molecule has 1 aliphatic rings. The zero-order valence-corrected chi connectivity index (χ0v) is 16.2. The van der Waals surface area contributed by atoms with Gasteiger partial charge in [-0.2, -0.15) is 0 Å². The van der Waals surface area contributed by atoms with Gasteiger partial charge in [-0.25, -0.2) is 4.79 Å². The minimum Gasteiger partial charge on any atom is -0.490 e. The third-order valence-electron chi connectivity index (χ3n) is 4.43. The second-order valence-electron chi connectivity index (χ2n) is 6.67. The average molecular weight is 396 g/mol. The lowest BCUT2D eigenvalue weighted by Gasteiger charge is -2.14. The average Bonchev–Trinajstić information content (AvgIpc) is 3.11. The Morgan fingerprint density at radius 1 is 1.28 bits per heavy atom. The van der Waals surface area contributed by atoms with Crippen LogP contribution in [0.2, 0.25) is 0 Å². The number of hydrogen-bond donors (Lipinski definition) is 3. The summed E-state index contributed by atoms with van der Waals surface area (Å²) < 4.78 is 11.1. The second-order valence-corrected chi connectivity index (χ2v) is 6.67. The number of hydrogen-bond acceptors (Lipinski definition) is 5. The van der Waals surface area contributed by atoms with Gasteiger partial charge in [0, 0.05) is 23.4 Å². The molecule has 0 aromatic heterocycles. The lowest BCUT2D eigenvalue weighted by atomic mass is 10.2. The van der Waals surface area contributed by atoms with E-state index in [0.29, 0.717) is 35.7 Å². The first-order chi connectivity index (χ1) is 14.0. The molecule has 2 amide bonds. The maximum absolute atomic E-state index is 12.2. The maximum atomic E-state index is 12.2. The summed E-state index contributed by atoms with van der Waals surface area (Å²) in [5.74, 6) is 0.358. The number of amidine groups is 1. The lowest BCUT2D eigenvalue weighted by molar-refractivity contribution is 0.0952. The smallest absolute Gasteiger partial charge is 0.414 e. The molecular weight excluding hydrogens is 372 g/mol. The highest BCUT2D eigenvalue weighted by molar-refractivity contribution is 5.96. The van der Waals surface area contributed by atoms with E-state index in [4.69, 9.17) is 20.6 Å². The number of benzene rings is 2. The van der Waals surface area contributed by atoms with Crippen molar-refractivity contribution in [1.29, 1.82) is 5.41 Å². The molecule has 1 atom stereocenters. The zero-order valence-electron chi connectivity index (χ0n) is 16.2. The van der Waals surface area contributed by atoms with Gasteiger partial charge in [0.25, 0.3) is 5.91 Å². The Kier molecular flexibility index (Phi) is 6.33. The highest BCUT2D eigenvalue weighted by Gasteiger charge is 2.32. The number of anilines is 1. The Bertz CT molecular complexity index is 898. The molecule has 8 heteroatoms. The van der Waals surface area contributed by atoms with Crippen LogP contribution in [0.15, 0.2) is 48.5 Å². The van der Waals surface area contributed by atoms with Crippen LogP contribution in [0.5, 0.6) is 5.75 Å². The van der Waals surface area contributed by atoms with Gasteiger partial charge in [0.1, 0.15) is 18.2 Å². The normalized spacial score (nSPS) is 15.7. The van der Waals surface area contributed by atoms with Gasteiger partial charge in [0.05, 0.1) is 6.54 Å². The van der Waals surface area contributed by atoms with E-state index in [1.165, 1.54) is 4.90 Å². The summed E-state index contributed by atoms with van der Waals surface area (Å²) in [6.45, 7) is 3.12. The fourth-order valence-electron chi connectivity index (χ4n) is 2.90. The standard InChI is InChI=1S/C21H24N4O4/c1-2-10-24-20(26)15-4-3-5-17(11-15)28-13-18-12-25(21(27)29-18)16-8-6-14(7-9-16)19(22)23/h3-9,11,18H,2,10,12-13H2,1H3,(H3,22,23)(H,24,26). The number of carbonyl (C=O) groups excluding carboxylic acids is 2. The fourth-order valence-corrected chi connectivity index (χ4v) is 2.90. The van der Waals surface area contributed by atoms with Crippen molar-refractivity contribution in [3.63, 3.8) is 0 Å². The molecule has 0 aliphatic carbocycles. The molecule has 1 heterocycles. The van der Waals surface area contributed by atoms with Crippen LogP contribution in [-0.2, 0) is 4.74 Å². The molecule has 1 fully saturated rings. The van der Waals surface area contributed by atoms with E-state index in [2.05, 4.69) is 5.32 Å². The highest BCUT2D eigenvalue weighted by Crippen LogP contribution is 2.23. The van der Waals surface area contributed by atoms with Gasteiger partial charge in [-0.1, -0.05) is 13.0 Å². The molecule has 0 bridgehead atoms. The van der Waals surface area contributed by atoms with Crippen molar-refractivity contribution >= 4 is 23.5 Å². The molecule has 1 aliphatic heterocycles. The largest absolute Gasteiger partial charge is 0.490 e. The van der Waals surface area contributed by atoms with E-state index < -0.39 is 12.2 Å². The van der Waals surface area contributed by atoms with E-state index >= 15 is 0 Å². The van der Waals surface area contributed by atoms with Crippen LogP contribution in [0.25, 0.3) is 0 Å². The van der Waals surface area contributed by atoms with Crippen LogP contribution in [0, 0.1) is 5.41 Å². The van der Waals surface area contributed by atoms with Crippen molar-refractivity contribution in [2.45, 2.75) is 19.4 Å². The number of nitrogens with one attached hydrogen (secondary N) is 2. The summed E-state index contributed by atoms with van der Waals surface area (Å²) >= 11 is 0. The Balaban J connectivity index is 1.57. The van der Waals surface area contributed by atoms with Crippen LogP contribution in [0.4, 0.5) is 10.5 Å². The predicted octanol–water partition coefficient (Wildman–Crippen LogP) is 2.51. The number of carbonyl (C=O) groups is 2. The zero-order chi connectivity index (χ0) is 20.8. The summed E-state index contributed by atoms with van der Waals surface area (Å²) in [6, 6.07) is 13.7. The van der Waals surface area contributed by atoms with E-state index in [-0.39, 0.29) is 18.3 Å². The van der Waals surface area contributed by atoms with Gasteiger partial charge in [-0.05, 0) is 48.9 Å². The molecule has 0 radical (unpaired) electrons. The number of ether oxygens (including phenoxy) is 2. The minimum absolute atomic E-state index is 0.0302. The Morgan fingerprint density at radius 3 is 2.72 bits per heavy atom. The SMILES string of the molecule is CCCNC(=O)c1cccc(OCC2CN(c3ccc(C(=N)N)cc3)C(=O)O2)c1. The van der Waals surface area contributed by atoms with Crippen LogP contribution < -0.4 is 20.7 Å². The number of nitrogens with two attached hydrogens (primary N) is 1. The first-order valence-electron chi connectivity index (χ1n) is 9.41. The summed E-state index contributed by atoms with van der Waals surface area (Å²) in [5.41, 5.74) is 7.22. The van der Waals surface area contributed by atoms with Crippen molar-refractivity contribution in [3.8, 4) is 5.75 Å². The third kappa shape index (κ3) is 5.04. The number of rotatable bonds is 8.